The van der Waals surface area contributed by atoms with Gasteiger partial charge in [-0.15, -0.1) is 0 Å². The number of piperidine rings is 1. The van der Waals surface area contributed by atoms with Gasteiger partial charge in [-0.25, -0.2) is 4.98 Å². The maximum Gasteiger partial charge on any atom is 0.393 e. The summed E-state index contributed by atoms with van der Waals surface area (Å²) in [5.74, 6) is -0.909. The van der Waals surface area contributed by atoms with Crippen molar-refractivity contribution in [3.8, 4) is 0 Å². The number of alkyl halides is 3. The van der Waals surface area contributed by atoms with E-state index in [1.165, 1.54) is 6.20 Å². The largest absolute Gasteiger partial charge is 0.393 e. The van der Waals surface area contributed by atoms with E-state index in [9.17, 15) is 18.0 Å². The molecule has 2 aliphatic heterocycles. The molecule has 4 heterocycles. The highest BCUT2D eigenvalue weighted by Crippen LogP contribution is 2.36. The summed E-state index contributed by atoms with van der Waals surface area (Å²) < 4.78 is 39.5. The highest BCUT2D eigenvalue weighted by atomic mass is 35.5. The van der Waals surface area contributed by atoms with Crippen molar-refractivity contribution in [1.29, 1.82) is 0 Å². The van der Waals surface area contributed by atoms with Crippen molar-refractivity contribution < 1.29 is 18.0 Å². The van der Waals surface area contributed by atoms with E-state index in [2.05, 4.69) is 20.3 Å². The van der Waals surface area contributed by atoms with Crippen molar-refractivity contribution in [3.63, 3.8) is 0 Å². The predicted molar refractivity (Wildman–Crippen MR) is 118 cm³/mol. The van der Waals surface area contributed by atoms with Crippen LogP contribution in [-0.4, -0.2) is 46.7 Å². The Labute approximate surface area is 190 Å². The maximum atomic E-state index is 13.2. The monoisotopic (exact) mass is 470 g/mol. The fourth-order valence-corrected chi connectivity index (χ4v) is 3.98. The van der Waals surface area contributed by atoms with Gasteiger partial charge in [-0.2, -0.15) is 18.2 Å². The first-order chi connectivity index (χ1) is 15.3. The lowest BCUT2D eigenvalue weighted by molar-refractivity contribution is -0.176. The summed E-state index contributed by atoms with van der Waals surface area (Å²) in [6.45, 7) is 4.89. The molecule has 11 heteroatoms. The van der Waals surface area contributed by atoms with Gasteiger partial charge in [-0.3, -0.25) is 9.78 Å². The van der Waals surface area contributed by atoms with E-state index in [4.69, 9.17) is 11.6 Å². The van der Waals surface area contributed by atoms with Crippen molar-refractivity contribution >= 4 is 40.6 Å². The minimum atomic E-state index is -4.25. The molecule has 174 valence electrons. The minimum absolute atomic E-state index is 0.0447. The molecule has 1 amide bonds. The Kier molecular flexibility index (Phi) is 7.76. The lowest BCUT2D eigenvalue weighted by atomic mass is 9.97. The Balaban J connectivity index is 0.00000141. The third-order valence-electron chi connectivity index (χ3n) is 5.27. The summed E-state index contributed by atoms with van der Waals surface area (Å²) in [4.78, 5) is 27.8. The summed E-state index contributed by atoms with van der Waals surface area (Å²) in [6.07, 6.45) is 2.09. The lowest BCUT2D eigenvalue weighted by Gasteiger charge is -2.34. The molecule has 2 aromatic rings. The Morgan fingerprint density at radius 2 is 1.94 bits per heavy atom. The van der Waals surface area contributed by atoms with Crippen molar-refractivity contribution in [3.05, 3.63) is 29.7 Å². The van der Waals surface area contributed by atoms with Crippen LogP contribution >= 0.6 is 11.6 Å². The summed E-state index contributed by atoms with van der Waals surface area (Å²) in [6, 6.07) is 1.76. The van der Waals surface area contributed by atoms with Crippen molar-refractivity contribution in [2.75, 3.05) is 34.8 Å². The molecule has 0 radical (unpaired) electrons. The molecule has 1 atom stereocenters. The van der Waals surface area contributed by atoms with E-state index in [1.54, 1.807) is 28.3 Å². The molecule has 2 aliphatic rings. The molecule has 4 rings (SSSR count). The average molecular weight is 471 g/mol. The van der Waals surface area contributed by atoms with E-state index in [0.29, 0.717) is 37.3 Å². The molecule has 2 fully saturated rings. The van der Waals surface area contributed by atoms with E-state index >= 15 is 0 Å². The standard InChI is InChI=1S/C19H20ClF3N6O.C2H6/c20-15-10-25-18(27-17(15)28-5-1-3-12(11-28)19(21,22)23)26-13-7-14(9-24-8-13)29-6-2-4-16(29)30;1-2/h7-10,12H,1-6,11H2,(H,25,26,27);1-2H3. The smallest absolute Gasteiger partial charge is 0.355 e. The van der Waals surface area contributed by atoms with E-state index in [1.807, 2.05) is 13.8 Å². The van der Waals surface area contributed by atoms with E-state index < -0.39 is 12.1 Å². The molecule has 0 aliphatic carbocycles. The molecular formula is C21H26ClF3N6O. The molecule has 0 bridgehead atoms. The van der Waals surface area contributed by atoms with Crippen LogP contribution in [0.5, 0.6) is 0 Å². The van der Waals surface area contributed by atoms with Gasteiger partial charge in [0.2, 0.25) is 11.9 Å². The van der Waals surface area contributed by atoms with Crippen LogP contribution in [0.4, 0.5) is 36.3 Å². The number of amides is 1. The number of nitrogens with zero attached hydrogens (tertiary/aromatic N) is 5. The molecule has 0 aromatic carbocycles. The van der Waals surface area contributed by atoms with E-state index in [-0.39, 0.29) is 35.7 Å². The Hall–Kier alpha value is -2.62. The SMILES string of the molecule is CC.O=C1CCCN1c1cncc(Nc2ncc(Cl)c(N3CCCC(C(F)(F)F)C3)n2)c1. The van der Waals surface area contributed by atoms with Crippen LogP contribution in [0.15, 0.2) is 24.7 Å². The number of carbonyl (C=O) groups is 1. The summed E-state index contributed by atoms with van der Waals surface area (Å²) in [5.41, 5.74) is 1.23. The van der Waals surface area contributed by atoms with Crippen LogP contribution in [0.3, 0.4) is 0 Å². The minimum Gasteiger partial charge on any atom is -0.355 e. The Bertz CT molecular complexity index is 942. The summed E-state index contributed by atoms with van der Waals surface area (Å²) in [5, 5.41) is 3.19. The number of pyridine rings is 1. The van der Waals surface area contributed by atoms with Gasteiger partial charge in [0.15, 0.2) is 5.82 Å². The van der Waals surface area contributed by atoms with Gasteiger partial charge in [-0.1, -0.05) is 25.4 Å². The highest BCUT2D eigenvalue weighted by molar-refractivity contribution is 6.32. The first-order valence-corrected chi connectivity index (χ1v) is 11.1. The third kappa shape index (κ3) is 5.59. The number of aromatic nitrogens is 3. The van der Waals surface area contributed by atoms with Crippen molar-refractivity contribution in [2.45, 2.75) is 45.7 Å². The molecule has 2 aromatic heterocycles. The highest BCUT2D eigenvalue weighted by Gasteiger charge is 2.42. The second-order valence-electron chi connectivity index (χ2n) is 7.40. The quantitative estimate of drug-likeness (QED) is 0.662. The van der Waals surface area contributed by atoms with Crippen molar-refractivity contribution in [1.82, 2.24) is 15.0 Å². The van der Waals surface area contributed by atoms with Crippen LogP contribution in [-0.2, 0) is 4.79 Å². The molecule has 32 heavy (non-hydrogen) atoms. The van der Waals surface area contributed by atoms with Gasteiger partial charge < -0.3 is 15.1 Å². The number of anilines is 4. The zero-order chi connectivity index (χ0) is 23.3. The molecule has 1 unspecified atom stereocenters. The number of hydrogen-bond donors (Lipinski definition) is 1. The topological polar surface area (TPSA) is 74.2 Å². The lowest BCUT2D eigenvalue weighted by Crippen LogP contribution is -2.42. The second kappa shape index (κ2) is 10.3. The fraction of sp³-hybridized carbons (Fsp3) is 0.524. The number of hydrogen-bond acceptors (Lipinski definition) is 6. The Morgan fingerprint density at radius 3 is 2.62 bits per heavy atom. The first kappa shape index (κ1) is 24.0. The number of halogens is 4. The number of nitrogens with one attached hydrogen (secondary N) is 1. The van der Waals surface area contributed by atoms with Gasteiger partial charge in [0, 0.05) is 26.1 Å². The predicted octanol–water partition coefficient (Wildman–Crippen LogP) is 5.20. The van der Waals surface area contributed by atoms with E-state index in [0.717, 1.165) is 6.42 Å². The fourth-order valence-electron chi connectivity index (χ4n) is 3.77. The van der Waals surface area contributed by atoms with Crippen LogP contribution in [0.2, 0.25) is 5.02 Å². The molecule has 0 saturated carbocycles. The van der Waals surface area contributed by atoms with Crippen LogP contribution in [0, 0.1) is 5.92 Å². The molecule has 1 N–H and O–H groups in total. The zero-order valence-corrected chi connectivity index (χ0v) is 18.7. The van der Waals surface area contributed by atoms with Gasteiger partial charge in [0.25, 0.3) is 0 Å². The normalized spacial score (nSPS) is 18.9. The molecule has 7 nitrogen and oxygen atoms in total. The van der Waals surface area contributed by atoms with Crippen LogP contribution in [0.25, 0.3) is 0 Å². The van der Waals surface area contributed by atoms with Gasteiger partial charge in [0.05, 0.1) is 35.9 Å². The summed E-state index contributed by atoms with van der Waals surface area (Å²) >= 11 is 6.19. The molecule has 0 spiro atoms. The Morgan fingerprint density at radius 1 is 1.16 bits per heavy atom. The van der Waals surface area contributed by atoms with Crippen molar-refractivity contribution in [2.24, 2.45) is 5.92 Å². The maximum absolute atomic E-state index is 13.2. The molecule has 2 saturated heterocycles. The van der Waals surface area contributed by atoms with Gasteiger partial charge >= 0.3 is 6.18 Å². The van der Waals surface area contributed by atoms with Gasteiger partial charge in [0.1, 0.15) is 5.02 Å². The zero-order valence-electron chi connectivity index (χ0n) is 18.0. The summed E-state index contributed by atoms with van der Waals surface area (Å²) in [7, 11) is 0. The number of rotatable bonds is 4. The first-order valence-electron chi connectivity index (χ1n) is 10.7. The van der Waals surface area contributed by atoms with Gasteiger partial charge in [-0.05, 0) is 25.3 Å². The number of carbonyl (C=O) groups excluding carboxylic acids is 1. The molecular weight excluding hydrogens is 445 g/mol. The third-order valence-corrected chi connectivity index (χ3v) is 5.54. The van der Waals surface area contributed by atoms with Crippen LogP contribution < -0.4 is 15.1 Å². The average Bonchev–Trinajstić information content (AvgIpc) is 3.22. The second-order valence-corrected chi connectivity index (χ2v) is 7.80. The van der Waals surface area contributed by atoms with Crippen LogP contribution in [0.1, 0.15) is 39.5 Å².